The number of piperidine rings is 1. The molecule has 3 heterocycles. The molecule has 1 saturated heterocycles. The number of nitrogens with zero attached hydrogens (tertiary/aromatic N) is 6. The minimum Gasteiger partial charge on any atom is -0.383 e. The monoisotopic (exact) mass is 381 g/mol. The Kier molecular flexibility index (Phi) is 6.29. The van der Waals surface area contributed by atoms with Gasteiger partial charge in [0.15, 0.2) is 17.2 Å². The van der Waals surface area contributed by atoms with Gasteiger partial charge in [-0.3, -0.25) is 4.79 Å². The van der Waals surface area contributed by atoms with Gasteiger partial charge in [0, 0.05) is 26.7 Å². The van der Waals surface area contributed by atoms with E-state index in [4.69, 9.17) is 5.26 Å². The molecule has 1 fully saturated rings. The lowest BCUT2D eigenvalue weighted by Gasteiger charge is -2.24. The number of aromatic nitrogens is 4. The van der Waals surface area contributed by atoms with E-state index in [1.54, 1.807) is 20.2 Å². The Hall–Kier alpha value is -3.32. The highest BCUT2D eigenvalue weighted by atomic mass is 16.2. The molecule has 3 N–H and O–H groups in total. The highest BCUT2D eigenvalue weighted by Gasteiger charge is 2.19. The average molecular weight is 381 g/mol. The topological polar surface area (TPSA) is 132 Å². The van der Waals surface area contributed by atoms with Crippen molar-refractivity contribution in [3.05, 3.63) is 29.8 Å². The van der Waals surface area contributed by atoms with Crippen LogP contribution in [0.3, 0.4) is 0 Å². The van der Waals surface area contributed by atoms with Crippen LogP contribution in [0, 0.1) is 17.2 Å². The zero-order valence-electron chi connectivity index (χ0n) is 15.9. The Morgan fingerprint density at radius 3 is 2.68 bits per heavy atom. The van der Waals surface area contributed by atoms with Crippen LogP contribution in [-0.2, 0) is 0 Å². The van der Waals surface area contributed by atoms with Gasteiger partial charge in [-0.25, -0.2) is 9.97 Å². The van der Waals surface area contributed by atoms with Gasteiger partial charge in [0.1, 0.15) is 11.9 Å². The number of hydrogen-bond acceptors (Lipinski definition) is 9. The predicted octanol–water partition coefficient (Wildman–Crippen LogP) is 0.995. The molecule has 0 spiro atoms. The number of amides is 1. The Balaban J connectivity index is 1.79. The van der Waals surface area contributed by atoms with E-state index in [9.17, 15) is 4.79 Å². The van der Waals surface area contributed by atoms with Crippen LogP contribution in [0.4, 0.5) is 17.3 Å². The Morgan fingerprint density at radius 2 is 2.04 bits per heavy atom. The first kappa shape index (κ1) is 19.4. The summed E-state index contributed by atoms with van der Waals surface area (Å²) in [7, 11) is 3.36. The third kappa shape index (κ3) is 4.89. The zero-order valence-corrected chi connectivity index (χ0v) is 15.9. The number of nitriles is 1. The number of hydrogen-bond donors (Lipinski definition) is 3. The van der Waals surface area contributed by atoms with Crippen LogP contribution in [-0.4, -0.2) is 64.7 Å². The SMILES string of the molecule is CN(C)C(=O)c1nnc(Nc2cnc(C#N)cn2)cc1NCC1CCNCC1. The second kappa shape index (κ2) is 9.05. The molecule has 0 radical (unpaired) electrons. The number of rotatable bonds is 6. The molecule has 0 aromatic carbocycles. The van der Waals surface area contributed by atoms with Gasteiger partial charge in [0.05, 0.1) is 18.1 Å². The van der Waals surface area contributed by atoms with Gasteiger partial charge in [0.2, 0.25) is 0 Å². The van der Waals surface area contributed by atoms with Gasteiger partial charge >= 0.3 is 0 Å². The lowest BCUT2D eigenvalue weighted by atomic mass is 9.98. The Labute approximate surface area is 163 Å². The van der Waals surface area contributed by atoms with Crippen molar-refractivity contribution < 1.29 is 4.79 Å². The number of carbonyl (C=O) groups excluding carboxylic acids is 1. The standard InChI is InChI=1S/C18H23N9O/c1-27(2)18(28)17-14(22-9-12-3-5-20-6-4-12)7-15(25-26-17)24-16-11-21-13(8-19)10-23-16/h7,10-12,20H,3-6,9H2,1-2H3,(H2,22,23,24,25). The maximum Gasteiger partial charge on any atom is 0.276 e. The van der Waals surface area contributed by atoms with Gasteiger partial charge in [0.25, 0.3) is 5.91 Å². The van der Waals surface area contributed by atoms with Gasteiger partial charge < -0.3 is 20.9 Å². The van der Waals surface area contributed by atoms with Crippen molar-refractivity contribution in [1.29, 1.82) is 5.26 Å². The zero-order chi connectivity index (χ0) is 19.9. The summed E-state index contributed by atoms with van der Waals surface area (Å²) in [6.07, 6.45) is 5.00. The van der Waals surface area contributed by atoms with Crippen molar-refractivity contribution in [3.8, 4) is 6.07 Å². The molecule has 2 aromatic rings. The van der Waals surface area contributed by atoms with E-state index in [1.165, 1.54) is 17.3 Å². The molecule has 0 bridgehead atoms. The third-order valence-corrected chi connectivity index (χ3v) is 4.47. The Bertz CT molecular complexity index is 854. The summed E-state index contributed by atoms with van der Waals surface area (Å²) < 4.78 is 0. The molecule has 0 atom stereocenters. The molecule has 2 aromatic heterocycles. The molecule has 1 amide bonds. The molecule has 0 unspecified atom stereocenters. The lowest BCUT2D eigenvalue weighted by Crippen LogP contribution is -2.31. The van der Waals surface area contributed by atoms with Crippen LogP contribution in [0.5, 0.6) is 0 Å². The van der Waals surface area contributed by atoms with E-state index in [1.807, 2.05) is 6.07 Å². The average Bonchev–Trinajstić information content (AvgIpc) is 2.73. The summed E-state index contributed by atoms with van der Waals surface area (Å²) in [5.41, 5.74) is 1.12. The smallest absolute Gasteiger partial charge is 0.276 e. The molecule has 0 saturated carbocycles. The highest BCUT2D eigenvalue weighted by molar-refractivity contribution is 5.97. The van der Waals surface area contributed by atoms with Gasteiger partial charge in [-0.15, -0.1) is 10.2 Å². The van der Waals surface area contributed by atoms with Crippen LogP contribution in [0.15, 0.2) is 18.5 Å². The third-order valence-electron chi connectivity index (χ3n) is 4.47. The van der Waals surface area contributed by atoms with Crippen LogP contribution in [0.25, 0.3) is 0 Å². The highest BCUT2D eigenvalue weighted by Crippen LogP contribution is 2.21. The van der Waals surface area contributed by atoms with Crippen LogP contribution in [0.1, 0.15) is 29.0 Å². The van der Waals surface area contributed by atoms with Gasteiger partial charge in [-0.1, -0.05) is 0 Å². The quantitative estimate of drug-likeness (QED) is 0.670. The molecule has 10 heteroatoms. The van der Waals surface area contributed by atoms with E-state index >= 15 is 0 Å². The minimum absolute atomic E-state index is 0.218. The van der Waals surface area contributed by atoms with E-state index in [-0.39, 0.29) is 17.3 Å². The first-order valence-electron chi connectivity index (χ1n) is 9.10. The fourth-order valence-electron chi connectivity index (χ4n) is 2.88. The van der Waals surface area contributed by atoms with Crippen molar-refractivity contribution in [1.82, 2.24) is 30.4 Å². The lowest BCUT2D eigenvalue weighted by molar-refractivity contribution is 0.0822. The summed E-state index contributed by atoms with van der Waals surface area (Å²) in [5.74, 6) is 1.19. The van der Waals surface area contributed by atoms with Crippen molar-refractivity contribution in [2.45, 2.75) is 12.8 Å². The molecule has 1 aliphatic rings. The molecule has 0 aliphatic carbocycles. The molecule has 10 nitrogen and oxygen atoms in total. The van der Waals surface area contributed by atoms with Crippen LogP contribution in [0.2, 0.25) is 0 Å². The van der Waals surface area contributed by atoms with Gasteiger partial charge in [-0.05, 0) is 31.8 Å². The van der Waals surface area contributed by atoms with Crippen molar-refractivity contribution in [3.63, 3.8) is 0 Å². The molecular weight excluding hydrogens is 358 g/mol. The Morgan fingerprint density at radius 1 is 1.25 bits per heavy atom. The van der Waals surface area contributed by atoms with E-state index in [0.29, 0.717) is 23.2 Å². The van der Waals surface area contributed by atoms with Crippen molar-refractivity contribution in [2.75, 3.05) is 44.4 Å². The number of nitrogens with one attached hydrogen (secondary N) is 3. The largest absolute Gasteiger partial charge is 0.383 e. The second-order valence-electron chi connectivity index (χ2n) is 6.79. The summed E-state index contributed by atoms with van der Waals surface area (Å²) in [4.78, 5) is 22.0. The summed E-state index contributed by atoms with van der Waals surface area (Å²) in [6, 6.07) is 3.66. The maximum atomic E-state index is 12.5. The molecule has 3 rings (SSSR count). The number of carbonyl (C=O) groups is 1. The fraction of sp³-hybridized carbons (Fsp3) is 0.444. The summed E-state index contributed by atoms with van der Waals surface area (Å²) in [5, 5.41) is 26.7. The maximum absolute atomic E-state index is 12.5. The summed E-state index contributed by atoms with van der Waals surface area (Å²) in [6.45, 7) is 2.78. The normalized spacial score (nSPS) is 14.2. The molecule has 28 heavy (non-hydrogen) atoms. The fourth-order valence-corrected chi connectivity index (χ4v) is 2.88. The first-order chi connectivity index (χ1) is 13.6. The van der Waals surface area contributed by atoms with E-state index in [0.717, 1.165) is 32.5 Å². The molecular formula is C18H23N9O. The van der Waals surface area contributed by atoms with Crippen molar-refractivity contribution >= 4 is 23.2 Å². The number of anilines is 3. The van der Waals surface area contributed by atoms with E-state index in [2.05, 4.69) is 36.1 Å². The summed E-state index contributed by atoms with van der Waals surface area (Å²) >= 11 is 0. The van der Waals surface area contributed by atoms with Crippen molar-refractivity contribution in [2.24, 2.45) is 5.92 Å². The minimum atomic E-state index is -0.218. The van der Waals surface area contributed by atoms with E-state index < -0.39 is 0 Å². The first-order valence-corrected chi connectivity index (χ1v) is 9.10. The van der Waals surface area contributed by atoms with Crippen LogP contribution >= 0.6 is 0 Å². The second-order valence-corrected chi connectivity index (χ2v) is 6.79. The molecule has 1 aliphatic heterocycles. The van der Waals surface area contributed by atoms with Crippen LogP contribution < -0.4 is 16.0 Å². The molecule has 146 valence electrons. The predicted molar refractivity (Wildman–Crippen MR) is 104 cm³/mol. The van der Waals surface area contributed by atoms with Gasteiger partial charge in [-0.2, -0.15) is 5.26 Å².